The van der Waals surface area contributed by atoms with Crippen LogP contribution in [0.1, 0.15) is 16.1 Å². The first-order chi connectivity index (χ1) is 12.1. The van der Waals surface area contributed by atoms with E-state index in [9.17, 15) is 9.59 Å². The fraction of sp³-hybridized carbons (Fsp3) is 0.211. The molecule has 128 valence electrons. The van der Waals surface area contributed by atoms with E-state index in [-0.39, 0.29) is 17.2 Å². The molecule has 3 rings (SSSR count). The van der Waals surface area contributed by atoms with Gasteiger partial charge in [0.15, 0.2) is 5.69 Å². The zero-order valence-corrected chi connectivity index (χ0v) is 15.0. The van der Waals surface area contributed by atoms with E-state index in [4.69, 9.17) is 0 Å². The standard InChI is InChI=1S/C19H19N3O2S/c1-13-7-9-14(10-8-13)25-12-11-20-18(23)17-15-5-3-4-6-16(15)19(24)22(2)21-17/h3-10H,11-12H2,1-2H3,(H,20,23). The summed E-state index contributed by atoms with van der Waals surface area (Å²) in [6.07, 6.45) is 0. The summed E-state index contributed by atoms with van der Waals surface area (Å²) in [4.78, 5) is 25.8. The highest BCUT2D eigenvalue weighted by Crippen LogP contribution is 2.17. The van der Waals surface area contributed by atoms with Crippen LogP contribution in [0.3, 0.4) is 0 Å². The van der Waals surface area contributed by atoms with Gasteiger partial charge in [0.25, 0.3) is 11.5 Å². The van der Waals surface area contributed by atoms with Crippen LogP contribution in [-0.4, -0.2) is 28.0 Å². The molecule has 0 aliphatic carbocycles. The third-order valence-corrected chi connectivity index (χ3v) is 4.86. The Morgan fingerprint density at radius 3 is 2.52 bits per heavy atom. The number of carbonyl (C=O) groups is 1. The molecule has 1 amide bonds. The van der Waals surface area contributed by atoms with Crippen molar-refractivity contribution in [3.8, 4) is 0 Å². The van der Waals surface area contributed by atoms with E-state index in [0.717, 1.165) is 5.75 Å². The molecule has 3 aromatic rings. The Morgan fingerprint density at radius 1 is 1.12 bits per heavy atom. The second-order valence-electron chi connectivity index (χ2n) is 5.74. The van der Waals surface area contributed by atoms with Crippen LogP contribution in [0.25, 0.3) is 10.8 Å². The normalized spacial score (nSPS) is 10.8. The van der Waals surface area contributed by atoms with Gasteiger partial charge in [-0.3, -0.25) is 9.59 Å². The van der Waals surface area contributed by atoms with E-state index < -0.39 is 0 Å². The number of nitrogens with zero attached hydrogens (tertiary/aromatic N) is 2. The van der Waals surface area contributed by atoms with Crippen molar-refractivity contribution in [3.63, 3.8) is 0 Å². The lowest BCUT2D eigenvalue weighted by Gasteiger charge is -2.09. The lowest BCUT2D eigenvalue weighted by Crippen LogP contribution is -2.30. The highest BCUT2D eigenvalue weighted by molar-refractivity contribution is 7.99. The fourth-order valence-corrected chi connectivity index (χ4v) is 3.29. The molecule has 25 heavy (non-hydrogen) atoms. The van der Waals surface area contributed by atoms with E-state index in [0.29, 0.717) is 17.3 Å². The summed E-state index contributed by atoms with van der Waals surface area (Å²) in [5.41, 5.74) is 1.30. The largest absolute Gasteiger partial charge is 0.350 e. The summed E-state index contributed by atoms with van der Waals surface area (Å²) in [6.45, 7) is 2.58. The van der Waals surface area contributed by atoms with E-state index in [1.54, 1.807) is 43.1 Å². The van der Waals surface area contributed by atoms with Gasteiger partial charge in [-0.05, 0) is 25.1 Å². The zero-order chi connectivity index (χ0) is 17.8. The molecule has 6 heteroatoms. The maximum absolute atomic E-state index is 12.5. The third-order valence-electron chi connectivity index (χ3n) is 3.85. The Balaban J connectivity index is 1.67. The van der Waals surface area contributed by atoms with Gasteiger partial charge in [-0.1, -0.05) is 35.9 Å². The molecule has 1 N–H and O–H groups in total. The quantitative estimate of drug-likeness (QED) is 0.566. The molecule has 0 atom stereocenters. The number of benzene rings is 2. The van der Waals surface area contributed by atoms with Crippen LogP contribution in [0.15, 0.2) is 58.2 Å². The molecule has 0 saturated carbocycles. The van der Waals surface area contributed by atoms with E-state index in [2.05, 4.69) is 41.6 Å². The van der Waals surface area contributed by atoms with Crippen molar-refractivity contribution in [1.29, 1.82) is 0 Å². The third kappa shape index (κ3) is 3.91. The summed E-state index contributed by atoms with van der Waals surface area (Å²) in [6, 6.07) is 15.3. The molecule has 0 aliphatic heterocycles. The van der Waals surface area contributed by atoms with E-state index in [1.165, 1.54) is 15.1 Å². The molecule has 5 nitrogen and oxygen atoms in total. The minimum atomic E-state index is -0.267. The molecule has 2 aromatic carbocycles. The SMILES string of the molecule is Cc1ccc(SCCNC(=O)c2nn(C)c(=O)c3ccccc23)cc1. The van der Waals surface area contributed by atoms with Crippen LogP contribution in [0.2, 0.25) is 0 Å². The summed E-state index contributed by atoms with van der Waals surface area (Å²) >= 11 is 1.69. The van der Waals surface area contributed by atoms with Gasteiger partial charge < -0.3 is 5.32 Å². The van der Waals surface area contributed by atoms with Crippen molar-refractivity contribution in [1.82, 2.24) is 15.1 Å². The number of hydrogen-bond acceptors (Lipinski definition) is 4. The lowest BCUT2D eigenvalue weighted by atomic mass is 10.1. The summed E-state index contributed by atoms with van der Waals surface area (Å²) in [5, 5.41) is 8.09. The maximum atomic E-state index is 12.5. The molecular weight excluding hydrogens is 334 g/mol. The second kappa shape index (κ2) is 7.53. The second-order valence-corrected chi connectivity index (χ2v) is 6.91. The van der Waals surface area contributed by atoms with Gasteiger partial charge in [-0.2, -0.15) is 5.10 Å². The highest BCUT2D eigenvalue weighted by Gasteiger charge is 2.14. The van der Waals surface area contributed by atoms with Crippen LogP contribution < -0.4 is 10.9 Å². The molecule has 0 aliphatic rings. The summed E-state index contributed by atoms with van der Waals surface area (Å²) < 4.78 is 1.21. The monoisotopic (exact) mass is 353 g/mol. The average Bonchev–Trinajstić information content (AvgIpc) is 2.63. The Kier molecular flexibility index (Phi) is 5.19. The van der Waals surface area contributed by atoms with Crippen LogP contribution >= 0.6 is 11.8 Å². The van der Waals surface area contributed by atoms with Gasteiger partial charge in [0.05, 0.1) is 5.39 Å². The number of aryl methyl sites for hydroxylation is 2. The fourth-order valence-electron chi connectivity index (χ4n) is 2.52. The predicted octanol–water partition coefficient (Wildman–Crippen LogP) is 2.76. The van der Waals surface area contributed by atoms with E-state index in [1.807, 2.05) is 0 Å². The van der Waals surface area contributed by atoms with Crippen molar-refractivity contribution < 1.29 is 4.79 Å². The number of aromatic nitrogens is 2. The first kappa shape index (κ1) is 17.2. The molecule has 0 spiro atoms. The number of amides is 1. The van der Waals surface area contributed by atoms with Gasteiger partial charge in [-0.25, -0.2) is 4.68 Å². The van der Waals surface area contributed by atoms with Gasteiger partial charge in [-0.15, -0.1) is 11.8 Å². The molecule has 0 fully saturated rings. The van der Waals surface area contributed by atoms with Crippen LogP contribution in [0.4, 0.5) is 0 Å². The molecule has 1 aromatic heterocycles. The minimum absolute atomic E-state index is 0.206. The topological polar surface area (TPSA) is 64.0 Å². The minimum Gasteiger partial charge on any atom is -0.350 e. The zero-order valence-electron chi connectivity index (χ0n) is 14.2. The smallest absolute Gasteiger partial charge is 0.274 e. The summed E-state index contributed by atoms with van der Waals surface area (Å²) in [5.74, 6) is 0.495. The summed E-state index contributed by atoms with van der Waals surface area (Å²) in [7, 11) is 1.55. The first-order valence-electron chi connectivity index (χ1n) is 8.00. The van der Waals surface area contributed by atoms with Crippen molar-refractivity contribution in [2.24, 2.45) is 7.05 Å². The molecule has 1 heterocycles. The average molecular weight is 353 g/mol. The Hall–Kier alpha value is -2.60. The van der Waals surface area contributed by atoms with Crippen molar-refractivity contribution in [3.05, 3.63) is 70.1 Å². The predicted molar refractivity (Wildman–Crippen MR) is 101 cm³/mol. The van der Waals surface area contributed by atoms with Gasteiger partial charge in [0.2, 0.25) is 0 Å². The number of thioether (sulfide) groups is 1. The molecule has 0 radical (unpaired) electrons. The first-order valence-corrected chi connectivity index (χ1v) is 8.98. The van der Waals surface area contributed by atoms with Crippen LogP contribution in [0.5, 0.6) is 0 Å². The van der Waals surface area contributed by atoms with Crippen molar-refractivity contribution in [2.45, 2.75) is 11.8 Å². The number of nitrogens with one attached hydrogen (secondary N) is 1. The molecular formula is C19H19N3O2S. The van der Waals surface area contributed by atoms with Crippen LogP contribution in [0, 0.1) is 6.92 Å². The number of carbonyl (C=O) groups excluding carboxylic acids is 1. The Bertz CT molecular complexity index is 965. The maximum Gasteiger partial charge on any atom is 0.274 e. The van der Waals surface area contributed by atoms with Gasteiger partial charge >= 0.3 is 0 Å². The van der Waals surface area contributed by atoms with Crippen LogP contribution in [-0.2, 0) is 7.05 Å². The Morgan fingerprint density at radius 2 is 1.80 bits per heavy atom. The highest BCUT2D eigenvalue weighted by atomic mass is 32.2. The number of hydrogen-bond donors (Lipinski definition) is 1. The number of fused-ring (bicyclic) bond motifs is 1. The van der Waals surface area contributed by atoms with Crippen molar-refractivity contribution in [2.75, 3.05) is 12.3 Å². The van der Waals surface area contributed by atoms with Gasteiger partial charge in [0.1, 0.15) is 0 Å². The molecule has 0 unspecified atom stereocenters. The van der Waals surface area contributed by atoms with Gasteiger partial charge in [0, 0.05) is 29.6 Å². The number of rotatable bonds is 5. The van der Waals surface area contributed by atoms with E-state index >= 15 is 0 Å². The Labute approximate surface area is 150 Å². The lowest BCUT2D eigenvalue weighted by molar-refractivity contribution is 0.0951. The molecule has 0 saturated heterocycles. The van der Waals surface area contributed by atoms with Crippen molar-refractivity contribution >= 4 is 28.4 Å². The molecule has 0 bridgehead atoms.